The molecule has 32 heavy (non-hydrogen) atoms. The van der Waals surface area contributed by atoms with E-state index in [-0.39, 0.29) is 18.4 Å². The molecule has 8 heteroatoms. The summed E-state index contributed by atoms with van der Waals surface area (Å²) in [5.74, 6) is -0.373. The minimum absolute atomic E-state index is 0.0623. The van der Waals surface area contributed by atoms with E-state index >= 15 is 0 Å². The summed E-state index contributed by atoms with van der Waals surface area (Å²) in [6, 6.07) is 12.9. The highest BCUT2D eigenvalue weighted by molar-refractivity contribution is 7.84. The summed E-state index contributed by atoms with van der Waals surface area (Å²) in [6.45, 7) is 0. The maximum atomic E-state index is 14.9. The molecule has 164 valence electrons. The number of hydrogen-bond donors (Lipinski definition) is 2. The van der Waals surface area contributed by atoms with Crippen LogP contribution >= 0.6 is 0 Å². The minimum atomic E-state index is -1.35. The lowest BCUT2D eigenvalue weighted by Crippen LogP contribution is -2.50. The molecule has 1 heterocycles. The molecule has 0 aromatic heterocycles. The van der Waals surface area contributed by atoms with E-state index in [2.05, 4.69) is 16.7 Å². The molecular formula is C24H23FN4O2S. The fourth-order valence-corrected chi connectivity index (χ4v) is 5.40. The molecule has 2 N–H and O–H groups in total. The Labute approximate surface area is 188 Å². The Balaban J connectivity index is 1.48. The van der Waals surface area contributed by atoms with Gasteiger partial charge in [-0.25, -0.2) is 4.39 Å². The van der Waals surface area contributed by atoms with Gasteiger partial charge in [0.1, 0.15) is 17.9 Å². The molecule has 1 amide bonds. The van der Waals surface area contributed by atoms with Gasteiger partial charge in [0.25, 0.3) is 0 Å². The number of halogens is 1. The summed E-state index contributed by atoms with van der Waals surface area (Å²) < 4.78 is 26.8. The van der Waals surface area contributed by atoms with Gasteiger partial charge in [-0.05, 0) is 60.1 Å². The highest BCUT2D eigenvalue weighted by atomic mass is 32.2. The number of amides is 1. The molecule has 0 spiro atoms. The third kappa shape index (κ3) is 4.43. The summed E-state index contributed by atoms with van der Waals surface area (Å²) in [5.41, 5.74) is 1.87. The normalized spacial score (nSPS) is 23.2. The number of nitriles is 2. The van der Waals surface area contributed by atoms with Crippen LogP contribution in [0.3, 0.4) is 0 Å². The first kappa shape index (κ1) is 22.1. The van der Waals surface area contributed by atoms with Crippen LogP contribution in [0.25, 0.3) is 11.1 Å². The number of fused-ring (bicyclic) bond motifs is 2. The topological polar surface area (TPSA) is 106 Å². The van der Waals surface area contributed by atoms with Crippen molar-refractivity contribution in [3.63, 3.8) is 0 Å². The molecule has 4 unspecified atom stereocenters. The van der Waals surface area contributed by atoms with Crippen molar-refractivity contribution in [2.24, 2.45) is 5.92 Å². The second-order valence-electron chi connectivity index (χ2n) is 8.39. The number of rotatable bonds is 6. The fourth-order valence-electron chi connectivity index (χ4n) is 4.69. The number of hydrogen-bond acceptors (Lipinski definition) is 5. The smallest absolute Gasteiger partial charge is 0.238 e. The first-order chi connectivity index (χ1) is 15.4. The maximum Gasteiger partial charge on any atom is 0.238 e. The Morgan fingerprint density at radius 1 is 1.25 bits per heavy atom. The molecular weight excluding hydrogens is 427 g/mol. The van der Waals surface area contributed by atoms with Gasteiger partial charge >= 0.3 is 0 Å². The van der Waals surface area contributed by atoms with Gasteiger partial charge in [-0.3, -0.25) is 9.00 Å². The van der Waals surface area contributed by atoms with E-state index in [1.807, 2.05) is 6.07 Å². The third-order valence-corrected chi connectivity index (χ3v) is 7.29. The van der Waals surface area contributed by atoms with E-state index in [4.69, 9.17) is 0 Å². The fraction of sp³-hybridized carbons (Fsp3) is 0.375. The van der Waals surface area contributed by atoms with Crippen molar-refractivity contribution in [1.82, 2.24) is 10.6 Å². The summed E-state index contributed by atoms with van der Waals surface area (Å²) in [7, 11) is -1.35. The zero-order chi connectivity index (χ0) is 22.8. The van der Waals surface area contributed by atoms with Crippen LogP contribution in [0.1, 0.15) is 30.4 Å². The molecule has 2 aromatic rings. The summed E-state index contributed by atoms with van der Waals surface area (Å²) in [4.78, 5) is 13.0. The Hall–Kier alpha value is -3.07. The van der Waals surface area contributed by atoms with Crippen LogP contribution in [0, 0.1) is 34.4 Å². The minimum Gasteiger partial charge on any atom is -0.339 e. The third-order valence-electron chi connectivity index (χ3n) is 6.34. The standard InChI is InChI=1S/C24H23FN4O2S/c1-32(31)22-11-15(3-5-18(22)12-26)14-2-4-16(21(25)10-14)8-20(13-27)29-24(30)23-17-6-7-19(9-17)28-23/h2-5,10-11,17,19-20,23,28H,6-9H2,1H3,(H,29,30)/t17?,19?,20?,23-,32?/m0/s1. The number of piperidine rings is 1. The van der Waals surface area contributed by atoms with E-state index < -0.39 is 22.7 Å². The Morgan fingerprint density at radius 2 is 2.00 bits per heavy atom. The number of nitrogens with zero attached hydrogens (tertiary/aromatic N) is 2. The molecule has 2 bridgehead atoms. The monoisotopic (exact) mass is 450 g/mol. The van der Waals surface area contributed by atoms with Crippen molar-refractivity contribution >= 4 is 16.7 Å². The zero-order valence-electron chi connectivity index (χ0n) is 17.6. The summed E-state index contributed by atoms with van der Waals surface area (Å²) >= 11 is 0. The van der Waals surface area contributed by atoms with Crippen LogP contribution in [0.5, 0.6) is 0 Å². The van der Waals surface area contributed by atoms with Gasteiger partial charge in [-0.2, -0.15) is 10.5 Å². The highest BCUT2D eigenvalue weighted by Crippen LogP contribution is 2.35. The van der Waals surface area contributed by atoms with Gasteiger partial charge < -0.3 is 10.6 Å². The van der Waals surface area contributed by atoms with Crippen molar-refractivity contribution in [2.75, 3.05) is 6.26 Å². The van der Waals surface area contributed by atoms with Crippen LogP contribution in [0.2, 0.25) is 0 Å². The molecule has 1 saturated carbocycles. The molecule has 4 rings (SSSR count). The molecule has 1 saturated heterocycles. The Bertz CT molecular complexity index is 1170. The SMILES string of the molecule is CS(=O)c1cc(-c2ccc(CC(C#N)NC(=O)[C@H]3NC4CCC3C4)c(F)c2)ccc1C#N. The van der Waals surface area contributed by atoms with E-state index in [0.29, 0.717) is 39.1 Å². The van der Waals surface area contributed by atoms with Crippen molar-refractivity contribution in [1.29, 1.82) is 10.5 Å². The largest absolute Gasteiger partial charge is 0.339 e. The Morgan fingerprint density at radius 3 is 2.59 bits per heavy atom. The van der Waals surface area contributed by atoms with Gasteiger partial charge in [0.2, 0.25) is 5.91 Å². The molecule has 2 fully saturated rings. The van der Waals surface area contributed by atoms with Gasteiger partial charge in [0, 0.05) is 18.7 Å². The molecule has 6 nitrogen and oxygen atoms in total. The van der Waals surface area contributed by atoms with Gasteiger partial charge in [-0.15, -0.1) is 0 Å². The lowest BCUT2D eigenvalue weighted by molar-refractivity contribution is -0.124. The predicted molar refractivity (Wildman–Crippen MR) is 118 cm³/mol. The van der Waals surface area contributed by atoms with E-state index in [1.165, 1.54) is 12.3 Å². The molecule has 2 aliphatic rings. The van der Waals surface area contributed by atoms with Gasteiger partial charge in [-0.1, -0.05) is 18.2 Å². The van der Waals surface area contributed by atoms with Crippen molar-refractivity contribution in [3.8, 4) is 23.3 Å². The highest BCUT2D eigenvalue weighted by Gasteiger charge is 2.43. The molecule has 1 aliphatic carbocycles. The van der Waals surface area contributed by atoms with Crippen LogP contribution in [-0.4, -0.2) is 34.5 Å². The Kier molecular flexibility index (Phi) is 6.36. The zero-order valence-corrected chi connectivity index (χ0v) is 18.4. The quantitative estimate of drug-likeness (QED) is 0.704. The van der Waals surface area contributed by atoms with Crippen molar-refractivity contribution < 1.29 is 13.4 Å². The number of carbonyl (C=O) groups is 1. The number of carbonyl (C=O) groups excluding carboxylic acids is 1. The molecule has 5 atom stereocenters. The molecule has 1 aliphatic heterocycles. The van der Waals surface area contributed by atoms with Gasteiger partial charge in [0.05, 0.1) is 33.4 Å². The van der Waals surface area contributed by atoms with Crippen molar-refractivity contribution in [2.45, 2.75) is 48.7 Å². The van der Waals surface area contributed by atoms with E-state index in [9.17, 15) is 23.9 Å². The van der Waals surface area contributed by atoms with Crippen LogP contribution in [0.15, 0.2) is 41.3 Å². The lowest BCUT2D eigenvalue weighted by Gasteiger charge is -2.23. The van der Waals surface area contributed by atoms with E-state index in [1.54, 1.807) is 30.3 Å². The second kappa shape index (κ2) is 9.20. The molecule has 0 radical (unpaired) electrons. The summed E-state index contributed by atoms with van der Waals surface area (Å²) in [6.07, 6.45) is 4.65. The van der Waals surface area contributed by atoms with E-state index in [0.717, 1.165) is 19.3 Å². The lowest BCUT2D eigenvalue weighted by atomic mass is 9.97. The van der Waals surface area contributed by atoms with Crippen LogP contribution in [0.4, 0.5) is 4.39 Å². The molecule has 2 aromatic carbocycles. The first-order valence-electron chi connectivity index (χ1n) is 10.5. The predicted octanol–water partition coefficient (Wildman–Crippen LogP) is 2.79. The number of nitrogens with one attached hydrogen (secondary N) is 2. The van der Waals surface area contributed by atoms with Crippen molar-refractivity contribution in [3.05, 3.63) is 53.3 Å². The average Bonchev–Trinajstić information content (AvgIpc) is 3.43. The average molecular weight is 451 g/mol. The number of benzene rings is 2. The van der Waals surface area contributed by atoms with Gasteiger partial charge in [0.15, 0.2) is 0 Å². The maximum absolute atomic E-state index is 14.9. The first-order valence-corrected chi connectivity index (χ1v) is 12.1. The van der Waals surface area contributed by atoms with Crippen LogP contribution < -0.4 is 10.6 Å². The van der Waals surface area contributed by atoms with Crippen LogP contribution in [-0.2, 0) is 22.0 Å². The summed E-state index contributed by atoms with van der Waals surface area (Å²) in [5, 5.41) is 24.7. The second-order valence-corrected chi connectivity index (χ2v) is 9.74.